The smallest absolute Gasteiger partial charge is 0.144 e. The van der Waals surface area contributed by atoms with Gasteiger partial charge < -0.3 is 30.9 Å². The van der Waals surface area contributed by atoms with Crippen LogP contribution in [0, 0.1) is 29.1 Å². The van der Waals surface area contributed by atoms with Gasteiger partial charge in [-0.25, -0.2) is 0 Å². The van der Waals surface area contributed by atoms with Crippen LogP contribution in [0.3, 0.4) is 0 Å². The van der Waals surface area contributed by atoms with Crippen LogP contribution in [0.4, 0.5) is 17.1 Å². The Morgan fingerprint density at radius 3 is 2.83 bits per heavy atom. The third kappa shape index (κ3) is 5.64. The van der Waals surface area contributed by atoms with Gasteiger partial charge >= 0.3 is 0 Å². The molecule has 0 radical (unpaired) electrons. The Balaban J connectivity index is 1.29. The molecule has 0 amide bonds. The fourth-order valence-corrected chi connectivity index (χ4v) is 6.35. The van der Waals surface area contributed by atoms with E-state index in [2.05, 4.69) is 103 Å². The van der Waals surface area contributed by atoms with E-state index >= 15 is 0 Å². The highest BCUT2D eigenvalue weighted by Crippen LogP contribution is 2.45. The van der Waals surface area contributed by atoms with Gasteiger partial charge in [0.05, 0.1) is 41.5 Å². The molecule has 0 aromatic heterocycles. The fraction of sp³-hybridized carbons (Fsp3) is 0.485. The third-order valence-corrected chi connectivity index (χ3v) is 8.69. The lowest BCUT2D eigenvalue weighted by atomic mass is 9.80. The van der Waals surface area contributed by atoms with Crippen LogP contribution >= 0.6 is 0 Å². The van der Waals surface area contributed by atoms with Crippen LogP contribution in [0.1, 0.15) is 33.6 Å². The molecule has 1 fully saturated rings. The van der Waals surface area contributed by atoms with Gasteiger partial charge in [0.15, 0.2) is 0 Å². The molecule has 5 rings (SSSR count). The first kappa shape index (κ1) is 27.9. The van der Waals surface area contributed by atoms with Crippen molar-refractivity contribution >= 4 is 17.1 Å². The maximum Gasteiger partial charge on any atom is 0.144 e. The molecule has 5 unspecified atom stereocenters. The van der Waals surface area contributed by atoms with Gasteiger partial charge in [0.2, 0.25) is 0 Å². The second-order valence-electron chi connectivity index (χ2n) is 11.8. The van der Waals surface area contributed by atoms with E-state index in [1.54, 1.807) is 7.11 Å². The van der Waals surface area contributed by atoms with Crippen LogP contribution in [0.5, 0.6) is 5.75 Å². The Hall–Kier alpha value is -3.63. The summed E-state index contributed by atoms with van der Waals surface area (Å²) in [6.45, 7) is 13.0. The molecule has 7 heteroatoms. The summed E-state index contributed by atoms with van der Waals surface area (Å²) in [6, 6.07) is 7.60. The maximum atomic E-state index is 9.78. The molecular weight excluding hydrogens is 496 g/mol. The number of rotatable bonds is 11. The van der Waals surface area contributed by atoms with Crippen molar-refractivity contribution < 1.29 is 4.74 Å². The lowest BCUT2D eigenvalue weighted by Gasteiger charge is -2.30. The average Bonchev–Trinajstić information content (AvgIpc) is 3.50. The number of nitriles is 1. The highest BCUT2D eigenvalue weighted by atomic mass is 16.5. The number of hydrogen-bond acceptors (Lipinski definition) is 7. The molecule has 212 valence electrons. The predicted octanol–water partition coefficient (Wildman–Crippen LogP) is 5.36. The average molecular weight is 541 g/mol. The molecule has 4 N–H and O–H groups in total. The van der Waals surface area contributed by atoms with Crippen molar-refractivity contribution in [3.63, 3.8) is 0 Å². The van der Waals surface area contributed by atoms with Crippen LogP contribution < -0.4 is 30.9 Å². The minimum atomic E-state index is 0.224. The molecule has 2 aliphatic carbocycles. The normalized spacial score (nSPS) is 27.9. The van der Waals surface area contributed by atoms with E-state index in [0.29, 0.717) is 30.3 Å². The summed E-state index contributed by atoms with van der Waals surface area (Å²) in [4.78, 5) is 2.28. The molecule has 7 nitrogen and oxygen atoms in total. The zero-order valence-electron chi connectivity index (χ0n) is 24.6. The highest BCUT2D eigenvalue weighted by molar-refractivity contribution is 5.80. The van der Waals surface area contributed by atoms with E-state index in [0.717, 1.165) is 60.0 Å². The lowest BCUT2D eigenvalue weighted by Crippen LogP contribution is -2.40. The van der Waals surface area contributed by atoms with Gasteiger partial charge in [-0.1, -0.05) is 42.9 Å². The minimum absolute atomic E-state index is 0.224. The predicted molar refractivity (Wildman–Crippen MR) is 166 cm³/mol. The second-order valence-corrected chi connectivity index (χ2v) is 11.8. The molecule has 1 aromatic rings. The van der Waals surface area contributed by atoms with Crippen LogP contribution in [-0.2, 0) is 0 Å². The van der Waals surface area contributed by atoms with Gasteiger partial charge in [-0.05, 0) is 44.2 Å². The van der Waals surface area contributed by atoms with Crippen molar-refractivity contribution in [1.29, 1.82) is 5.26 Å². The van der Waals surface area contributed by atoms with Gasteiger partial charge in [0.25, 0.3) is 0 Å². The van der Waals surface area contributed by atoms with Crippen molar-refractivity contribution in [2.45, 2.75) is 51.7 Å². The third-order valence-electron chi connectivity index (χ3n) is 8.69. The lowest BCUT2D eigenvalue weighted by molar-refractivity contribution is 0.416. The number of methoxy groups -OCH3 is 1. The summed E-state index contributed by atoms with van der Waals surface area (Å²) in [7, 11) is 3.87. The minimum Gasteiger partial charge on any atom is -0.495 e. The monoisotopic (exact) mass is 540 g/mol. The molecule has 0 spiro atoms. The number of anilines is 3. The molecule has 4 aliphatic rings. The molecule has 6 atom stereocenters. The summed E-state index contributed by atoms with van der Waals surface area (Å²) < 4.78 is 5.87. The van der Waals surface area contributed by atoms with Crippen LogP contribution in [0.25, 0.3) is 0 Å². The van der Waals surface area contributed by atoms with Gasteiger partial charge in [-0.3, -0.25) is 0 Å². The number of nitrogens with zero attached hydrogens (tertiary/aromatic N) is 2. The van der Waals surface area contributed by atoms with E-state index in [-0.39, 0.29) is 12.1 Å². The fourth-order valence-electron chi connectivity index (χ4n) is 6.35. The van der Waals surface area contributed by atoms with Crippen LogP contribution in [0.2, 0.25) is 0 Å². The Morgan fingerprint density at radius 1 is 1.27 bits per heavy atom. The Kier molecular flexibility index (Phi) is 8.27. The quantitative estimate of drug-likeness (QED) is 0.281. The van der Waals surface area contributed by atoms with E-state index in [4.69, 9.17) is 4.74 Å². The molecule has 2 heterocycles. The summed E-state index contributed by atoms with van der Waals surface area (Å²) in [5.41, 5.74) is 7.78. The van der Waals surface area contributed by atoms with Crippen molar-refractivity contribution in [2.24, 2.45) is 17.8 Å². The number of nitrogens with one attached hydrogen (secondary N) is 4. The zero-order valence-corrected chi connectivity index (χ0v) is 24.6. The van der Waals surface area contributed by atoms with Gasteiger partial charge in [0.1, 0.15) is 11.8 Å². The molecule has 1 aromatic carbocycles. The van der Waals surface area contributed by atoms with E-state index in [1.165, 1.54) is 11.1 Å². The SMILES string of the molecule is C=CCNc1cc(NC2C3C=CC(C4C=C(C#N)C5=C(C4)[C@@H](C)CN5)NC32)c(OC)cc1N(C)CCC=C(C)C. The summed E-state index contributed by atoms with van der Waals surface area (Å²) in [6.07, 6.45) is 13.0. The molecular formula is C33H44N6O. The molecule has 1 saturated carbocycles. The number of ether oxygens (including phenoxy) is 1. The van der Waals surface area contributed by atoms with Crippen LogP contribution in [-0.4, -0.2) is 51.9 Å². The topological polar surface area (TPSA) is 84.4 Å². The summed E-state index contributed by atoms with van der Waals surface area (Å²) in [5, 5.41) is 24.4. The Bertz CT molecular complexity index is 1300. The number of benzene rings is 1. The molecule has 0 saturated heterocycles. The van der Waals surface area contributed by atoms with E-state index < -0.39 is 0 Å². The standard InChI is InChI=1S/C33H44N6O/c1-7-12-35-27-16-28(30(40-6)17-29(27)39(5)13-8-9-20(2)3)38-33-24-10-11-26(37-32(24)33)22-14-23(18-34)31-25(15-22)21(4)19-36-31/h7,9-11,14,16-17,21-22,24,26,32-33,35-38H,1,8,12-13,15,19H2,2-6H3/t21-,22?,24?,26?,32?,33?/m0/s1. The van der Waals surface area contributed by atoms with Gasteiger partial charge in [0, 0.05) is 56.7 Å². The Morgan fingerprint density at radius 2 is 2.10 bits per heavy atom. The van der Waals surface area contributed by atoms with Crippen molar-refractivity contribution in [3.8, 4) is 11.8 Å². The van der Waals surface area contributed by atoms with Crippen molar-refractivity contribution in [1.82, 2.24) is 10.6 Å². The first-order chi connectivity index (χ1) is 19.3. The molecule has 0 bridgehead atoms. The van der Waals surface area contributed by atoms with Crippen LogP contribution in [0.15, 0.2) is 71.5 Å². The van der Waals surface area contributed by atoms with Crippen molar-refractivity contribution in [3.05, 3.63) is 71.5 Å². The number of allylic oxidation sites excluding steroid dienone is 2. The van der Waals surface area contributed by atoms with E-state index in [1.807, 2.05) is 6.08 Å². The first-order valence-electron chi connectivity index (χ1n) is 14.6. The largest absolute Gasteiger partial charge is 0.495 e. The van der Waals surface area contributed by atoms with E-state index in [9.17, 15) is 5.26 Å². The first-order valence-corrected chi connectivity index (χ1v) is 14.6. The summed E-state index contributed by atoms with van der Waals surface area (Å²) >= 11 is 0. The second kappa shape index (κ2) is 11.9. The summed E-state index contributed by atoms with van der Waals surface area (Å²) in [5.74, 6) is 2.05. The van der Waals surface area contributed by atoms with Gasteiger partial charge in [-0.2, -0.15) is 5.26 Å². The Labute approximate surface area is 239 Å². The van der Waals surface area contributed by atoms with Gasteiger partial charge in [-0.15, -0.1) is 6.58 Å². The number of fused-ring (bicyclic) bond motifs is 1. The molecule has 2 aliphatic heterocycles. The molecule has 40 heavy (non-hydrogen) atoms. The highest BCUT2D eigenvalue weighted by Gasteiger charge is 2.52. The van der Waals surface area contributed by atoms with Crippen molar-refractivity contribution in [2.75, 3.05) is 49.3 Å². The zero-order chi connectivity index (χ0) is 28.4. The number of hydrogen-bond donors (Lipinski definition) is 4. The maximum absolute atomic E-state index is 9.78.